The summed E-state index contributed by atoms with van der Waals surface area (Å²) in [5.74, 6) is -0.612. The molecule has 0 spiro atoms. The first-order valence-corrected chi connectivity index (χ1v) is 8.12. The molecule has 2 aliphatic carbocycles. The number of esters is 2. The van der Waals surface area contributed by atoms with E-state index in [9.17, 15) is 14.4 Å². The van der Waals surface area contributed by atoms with Crippen LogP contribution in [0.4, 0.5) is 0 Å². The second kappa shape index (κ2) is 6.10. The average Bonchev–Trinajstić information content (AvgIpc) is 2.49. The second-order valence-electron chi connectivity index (χ2n) is 7.28. The molecular weight excluding hydrogens is 296 g/mol. The van der Waals surface area contributed by atoms with Gasteiger partial charge < -0.3 is 9.47 Å². The zero-order chi connectivity index (χ0) is 17.4. The summed E-state index contributed by atoms with van der Waals surface area (Å²) in [6.45, 7) is 7.31. The van der Waals surface area contributed by atoms with Gasteiger partial charge in [0.15, 0.2) is 0 Å². The van der Waals surface area contributed by atoms with Gasteiger partial charge in [0, 0.05) is 24.3 Å². The Morgan fingerprint density at radius 2 is 1.91 bits per heavy atom. The van der Waals surface area contributed by atoms with Gasteiger partial charge in [-0.15, -0.1) is 0 Å². The molecular formula is C18H26O5. The smallest absolute Gasteiger partial charge is 0.334 e. The number of hydrogen-bond donors (Lipinski definition) is 0. The van der Waals surface area contributed by atoms with Crippen molar-refractivity contribution in [1.82, 2.24) is 0 Å². The van der Waals surface area contributed by atoms with E-state index in [1.54, 1.807) is 0 Å². The third-order valence-corrected chi connectivity index (χ3v) is 5.82. The number of Topliss-reactive ketones (excluding diaryl/α,β-unsaturated/α-hetero) is 1. The maximum Gasteiger partial charge on any atom is 0.334 e. The standard InChI is InChI=1S/C18H26O5/c1-11-6-7-13-17(3,15(11)16(21)22-5)9-8-14(20)18(13,4)10-23-12(2)19/h13H,6-10H2,1-5H3/t13-,17+,18+/m1/s1. The van der Waals surface area contributed by atoms with Crippen molar-refractivity contribution in [3.63, 3.8) is 0 Å². The molecule has 0 aromatic rings. The first-order valence-electron chi connectivity index (χ1n) is 8.12. The molecule has 0 aromatic carbocycles. The molecule has 0 N–H and O–H groups in total. The van der Waals surface area contributed by atoms with Crippen LogP contribution in [0.3, 0.4) is 0 Å². The third kappa shape index (κ3) is 2.81. The Hall–Kier alpha value is -1.65. The first-order chi connectivity index (χ1) is 10.7. The first kappa shape index (κ1) is 17.7. The quantitative estimate of drug-likeness (QED) is 0.747. The predicted molar refractivity (Wildman–Crippen MR) is 84.5 cm³/mol. The van der Waals surface area contributed by atoms with Gasteiger partial charge >= 0.3 is 11.9 Å². The van der Waals surface area contributed by atoms with Gasteiger partial charge in [-0.3, -0.25) is 9.59 Å². The van der Waals surface area contributed by atoms with Crippen molar-refractivity contribution in [1.29, 1.82) is 0 Å². The van der Waals surface area contributed by atoms with Crippen molar-refractivity contribution in [3.05, 3.63) is 11.1 Å². The minimum absolute atomic E-state index is 0.0339. The van der Waals surface area contributed by atoms with Crippen LogP contribution in [0.15, 0.2) is 11.1 Å². The molecule has 0 aliphatic heterocycles. The fourth-order valence-corrected chi connectivity index (χ4v) is 4.58. The molecule has 0 amide bonds. The maximum atomic E-state index is 12.6. The van der Waals surface area contributed by atoms with Crippen LogP contribution >= 0.6 is 0 Å². The monoisotopic (exact) mass is 322 g/mol. The van der Waals surface area contributed by atoms with E-state index in [1.165, 1.54) is 14.0 Å². The van der Waals surface area contributed by atoms with Crippen molar-refractivity contribution in [2.75, 3.05) is 13.7 Å². The van der Waals surface area contributed by atoms with Gasteiger partial charge in [0.1, 0.15) is 12.4 Å². The second-order valence-corrected chi connectivity index (χ2v) is 7.28. The highest BCUT2D eigenvalue weighted by Gasteiger charge is 2.58. The summed E-state index contributed by atoms with van der Waals surface area (Å²) in [7, 11) is 1.39. The Morgan fingerprint density at radius 3 is 2.48 bits per heavy atom. The Balaban J connectivity index is 2.46. The van der Waals surface area contributed by atoms with E-state index < -0.39 is 10.8 Å². The van der Waals surface area contributed by atoms with E-state index in [4.69, 9.17) is 9.47 Å². The van der Waals surface area contributed by atoms with Crippen molar-refractivity contribution < 1.29 is 23.9 Å². The van der Waals surface area contributed by atoms with Crippen molar-refractivity contribution >= 4 is 17.7 Å². The predicted octanol–water partition coefficient (Wildman–Crippen LogP) is 2.82. The van der Waals surface area contributed by atoms with Crippen LogP contribution in [0.2, 0.25) is 0 Å². The number of ketones is 1. The summed E-state index contributed by atoms with van der Waals surface area (Å²) in [4.78, 5) is 36.2. The number of fused-ring (bicyclic) bond motifs is 1. The van der Waals surface area contributed by atoms with Gasteiger partial charge in [-0.25, -0.2) is 4.79 Å². The van der Waals surface area contributed by atoms with Crippen LogP contribution in [-0.4, -0.2) is 31.4 Å². The minimum Gasteiger partial charge on any atom is -0.466 e. The fraction of sp³-hybridized carbons (Fsp3) is 0.722. The number of carbonyl (C=O) groups excluding carboxylic acids is 3. The highest BCUT2D eigenvalue weighted by molar-refractivity contribution is 5.93. The number of allylic oxidation sites excluding steroid dienone is 1. The molecule has 1 saturated carbocycles. The molecule has 5 heteroatoms. The Kier molecular flexibility index (Phi) is 4.69. The summed E-state index contributed by atoms with van der Waals surface area (Å²) >= 11 is 0. The number of rotatable bonds is 3. The van der Waals surface area contributed by atoms with E-state index in [-0.39, 0.29) is 30.2 Å². The molecule has 0 radical (unpaired) electrons. The zero-order valence-electron chi connectivity index (χ0n) is 14.7. The zero-order valence-corrected chi connectivity index (χ0v) is 14.7. The van der Waals surface area contributed by atoms with E-state index >= 15 is 0 Å². The molecule has 0 saturated heterocycles. The molecule has 1 fully saturated rings. The largest absolute Gasteiger partial charge is 0.466 e. The van der Waals surface area contributed by atoms with Crippen molar-refractivity contribution in [2.45, 2.75) is 53.4 Å². The summed E-state index contributed by atoms with van der Waals surface area (Å²) in [5.41, 5.74) is 0.578. The molecule has 2 rings (SSSR count). The number of methoxy groups -OCH3 is 1. The molecule has 5 nitrogen and oxygen atoms in total. The van der Waals surface area contributed by atoms with E-state index in [1.807, 2.05) is 20.8 Å². The molecule has 128 valence electrons. The van der Waals surface area contributed by atoms with Crippen LogP contribution < -0.4 is 0 Å². The Morgan fingerprint density at radius 1 is 1.26 bits per heavy atom. The highest BCUT2D eigenvalue weighted by atomic mass is 16.5. The molecule has 0 heterocycles. The summed E-state index contributed by atoms with van der Waals surface area (Å²) in [5, 5.41) is 0. The lowest BCUT2D eigenvalue weighted by Gasteiger charge is -2.53. The average molecular weight is 322 g/mol. The number of hydrogen-bond acceptors (Lipinski definition) is 5. The van der Waals surface area contributed by atoms with Gasteiger partial charge in [0.2, 0.25) is 0 Å². The van der Waals surface area contributed by atoms with Crippen LogP contribution in [0.25, 0.3) is 0 Å². The van der Waals surface area contributed by atoms with Gasteiger partial charge in [-0.1, -0.05) is 12.5 Å². The lowest BCUT2D eigenvalue weighted by Crippen LogP contribution is -2.54. The Labute approximate surface area is 137 Å². The van der Waals surface area contributed by atoms with Crippen molar-refractivity contribution in [3.8, 4) is 0 Å². The number of carbonyl (C=O) groups is 3. The van der Waals surface area contributed by atoms with E-state index in [0.717, 1.165) is 18.4 Å². The van der Waals surface area contributed by atoms with Crippen LogP contribution in [0.5, 0.6) is 0 Å². The molecule has 0 bridgehead atoms. The highest BCUT2D eigenvalue weighted by Crippen LogP contribution is 2.58. The van der Waals surface area contributed by atoms with Gasteiger partial charge in [-0.05, 0) is 39.0 Å². The third-order valence-electron chi connectivity index (χ3n) is 5.82. The van der Waals surface area contributed by atoms with Crippen LogP contribution in [0, 0.1) is 16.7 Å². The SMILES string of the molecule is COC(=O)C1=C(C)CC[C@H]2[C@](C)(COC(C)=O)C(=O)CC[C@]12C. The van der Waals surface area contributed by atoms with Gasteiger partial charge in [0.25, 0.3) is 0 Å². The number of ether oxygens (including phenoxy) is 2. The van der Waals surface area contributed by atoms with Crippen LogP contribution in [-0.2, 0) is 23.9 Å². The molecule has 0 unspecified atom stereocenters. The lowest BCUT2D eigenvalue weighted by atomic mass is 9.49. The summed E-state index contributed by atoms with van der Waals surface area (Å²) < 4.78 is 10.2. The van der Waals surface area contributed by atoms with Gasteiger partial charge in [-0.2, -0.15) is 0 Å². The lowest BCUT2D eigenvalue weighted by molar-refractivity contribution is -0.159. The van der Waals surface area contributed by atoms with Crippen molar-refractivity contribution in [2.24, 2.45) is 16.7 Å². The summed E-state index contributed by atoms with van der Waals surface area (Å²) in [6, 6.07) is 0. The molecule has 2 aliphatic rings. The molecule has 23 heavy (non-hydrogen) atoms. The topological polar surface area (TPSA) is 69.7 Å². The fourth-order valence-electron chi connectivity index (χ4n) is 4.58. The summed E-state index contributed by atoms with van der Waals surface area (Å²) in [6.07, 6.45) is 2.59. The normalized spacial score (nSPS) is 34.0. The minimum atomic E-state index is -0.751. The van der Waals surface area contributed by atoms with Gasteiger partial charge in [0.05, 0.1) is 12.5 Å². The van der Waals surface area contributed by atoms with E-state index in [0.29, 0.717) is 18.4 Å². The van der Waals surface area contributed by atoms with Crippen LogP contribution in [0.1, 0.15) is 53.4 Å². The maximum absolute atomic E-state index is 12.6. The van der Waals surface area contributed by atoms with E-state index in [2.05, 4.69) is 0 Å². The Bertz CT molecular complexity index is 576. The molecule has 0 aromatic heterocycles. The molecule has 3 atom stereocenters.